The van der Waals surface area contributed by atoms with Gasteiger partial charge in [-0.3, -0.25) is 9.59 Å². The molecule has 3 heterocycles. The van der Waals surface area contributed by atoms with Crippen LogP contribution in [0.25, 0.3) is 10.9 Å². The maximum atomic E-state index is 13.6. The Bertz CT molecular complexity index is 1510. The van der Waals surface area contributed by atoms with Crippen LogP contribution in [0.4, 0.5) is 5.69 Å². The minimum atomic E-state index is -0.164. The number of amides is 2. The van der Waals surface area contributed by atoms with Gasteiger partial charge in [0.15, 0.2) is 0 Å². The van der Waals surface area contributed by atoms with Gasteiger partial charge in [-0.15, -0.1) is 0 Å². The number of benzene rings is 3. The number of carbonyl (C=O) groups is 2. The molecular formula is C33H37N5O3. The summed E-state index contributed by atoms with van der Waals surface area (Å²) >= 11 is 0. The third kappa shape index (κ3) is 5.93. The molecule has 0 radical (unpaired) electrons. The van der Waals surface area contributed by atoms with Crippen LogP contribution in [0.1, 0.15) is 21.6 Å². The molecule has 6 rings (SSSR count). The van der Waals surface area contributed by atoms with Crippen LogP contribution in [0.3, 0.4) is 0 Å². The van der Waals surface area contributed by atoms with Crippen molar-refractivity contribution in [2.75, 3.05) is 58.3 Å². The maximum absolute atomic E-state index is 13.6. The van der Waals surface area contributed by atoms with Gasteiger partial charge in [0.2, 0.25) is 5.91 Å². The molecule has 1 N–H and O–H groups in total. The zero-order chi connectivity index (χ0) is 28.3. The molecule has 0 bridgehead atoms. The van der Waals surface area contributed by atoms with Gasteiger partial charge in [0, 0.05) is 55.9 Å². The number of rotatable bonds is 7. The van der Waals surface area contributed by atoms with Crippen LogP contribution in [0.15, 0.2) is 78.9 Å². The van der Waals surface area contributed by atoms with E-state index in [4.69, 9.17) is 4.74 Å². The highest BCUT2D eigenvalue weighted by molar-refractivity contribution is 6.00. The fourth-order valence-electron chi connectivity index (χ4n) is 5.90. The average molecular weight is 552 g/mol. The molecule has 4 aromatic rings. The van der Waals surface area contributed by atoms with Crippen molar-refractivity contribution >= 4 is 28.4 Å². The van der Waals surface area contributed by atoms with Gasteiger partial charge in [0.05, 0.1) is 13.2 Å². The van der Waals surface area contributed by atoms with E-state index in [0.29, 0.717) is 25.2 Å². The lowest BCUT2D eigenvalue weighted by Crippen LogP contribution is -2.58. The largest absolute Gasteiger partial charge is 0.497 e. The molecule has 2 aliphatic rings. The molecule has 8 nitrogen and oxygen atoms in total. The minimum absolute atomic E-state index is 0.0357. The van der Waals surface area contributed by atoms with Crippen LogP contribution in [0.2, 0.25) is 0 Å². The first-order valence-electron chi connectivity index (χ1n) is 14.3. The number of piperazine rings is 2. The van der Waals surface area contributed by atoms with E-state index >= 15 is 0 Å². The molecule has 0 saturated carbocycles. The molecule has 2 fully saturated rings. The van der Waals surface area contributed by atoms with Crippen LogP contribution >= 0.6 is 0 Å². The second kappa shape index (κ2) is 11.7. The van der Waals surface area contributed by atoms with Crippen LogP contribution in [0.5, 0.6) is 5.75 Å². The van der Waals surface area contributed by atoms with Crippen LogP contribution in [0, 0.1) is 0 Å². The van der Waals surface area contributed by atoms with Crippen molar-refractivity contribution in [1.82, 2.24) is 19.7 Å². The molecule has 3 aromatic carbocycles. The molecule has 212 valence electrons. The Kier molecular flexibility index (Phi) is 7.65. The lowest BCUT2D eigenvalue weighted by atomic mass is 10.0. The molecule has 2 amide bonds. The monoisotopic (exact) mass is 551 g/mol. The van der Waals surface area contributed by atoms with E-state index in [9.17, 15) is 9.59 Å². The lowest BCUT2D eigenvalue weighted by Gasteiger charge is -2.41. The summed E-state index contributed by atoms with van der Waals surface area (Å²) in [5, 5.41) is 0.901. The molecule has 8 heteroatoms. The van der Waals surface area contributed by atoms with Gasteiger partial charge in [-0.25, -0.2) is 0 Å². The molecule has 0 aliphatic carbocycles. The Morgan fingerprint density at radius 1 is 0.927 bits per heavy atom. The number of aromatic amines is 1. The van der Waals surface area contributed by atoms with E-state index in [1.807, 2.05) is 47.4 Å². The molecule has 1 atom stereocenters. The second-order valence-electron chi connectivity index (χ2n) is 11.1. The number of aromatic nitrogens is 1. The zero-order valence-electron chi connectivity index (χ0n) is 23.8. The summed E-state index contributed by atoms with van der Waals surface area (Å²) in [5.74, 6) is 0.535. The molecule has 2 saturated heterocycles. The summed E-state index contributed by atoms with van der Waals surface area (Å²) in [5.41, 5.74) is 4.80. The molecule has 0 unspecified atom stereocenters. The Morgan fingerprint density at radius 3 is 2.41 bits per heavy atom. The second-order valence-corrected chi connectivity index (χ2v) is 11.1. The molecule has 0 spiro atoms. The first-order chi connectivity index (χ1) is 20.0. The van der Waals surface area contributed by atoms with Gasteiger partial charge in [-0.2, -0.15) is 0 Å². The van der Waals surface area contributed by atoms with Crippen molar-refractivity contribution in [3.05, 3.63) is 95.7 Å². The quantitative estimate of drug-likeness (QED) is 0.376. The molecule has 41 heavy (non-hydrogen) atoms. The summed E-state index contributed by atoms with van der Waals surface area (Å²) in [6, 6.07) is 26.2. The van der Waals surface area contributed by atoms with Crippen molar-refractivity contribution in [1.29, 1.82) is 0 Å². The summed E-state index contributed by atoms with van der Waals surface area (Å²) in [4.78, 5) is 38.9. The zero-order valence-corrected chi connectivity index (χ0v) is 23.8. The van der Waals surface area contributed by atoms with E-state index in [0.717, 1.165) is 54.0 Å². The normalized spacial score (nSPS) is 18.2. The highest BCUT2D eigenvalue weighted by Gasteiger charge is 2.35. The number of carbonyl (C=O) groups excluding carboxylic acids is 2. The number of H-pyrrole nitrogens is 1. The number of fused-ring (bicyclic) bond motifs is 1. The van der Waals surface area contributed by atoms with Crippen LogP contribution in [-0.4, -0.2) is 91.0 Å². The van der Waals surface area contributed by atoms with Crippen molar-refractivity contribution in [2.45, 2.75) is 19.0 Å². The van der Waals surface area contributed by atoms with Crippen molar-refractivity contribution in [3.63, 3.8) is 0 Å². The Hall–Kier alpha value is -4.30. The highest BCUT2D eigenvalue weighted by atomic mass is 16.5. The highest BCUT2D eigenvalue weighted by Crippen LogP contribution is 2.25. The summed E-state index contributed by atoms with van der Waals surface area (Å²) in [7, 11) is 3.79. The lowest BCUT2D eigenvalue weighted by molar-refractivity contribution is -0.139. The summed E-state index contributed by atoms with van der Waals surface area (Å²) < 4.78 is 5.33. The maximum Gasteiger partial charge on any atom is 0.270 e. The minimum Gasteiger partial charge on any atom is -0.497 e. The van der Waals surface area contributed by atoms with Gasteiger partial charge in [0.25, 0.3) is 5.91 Å². The van der Waals surface area contributed by atoms with Gasteiger partial charge in [0.1, 0.15) is 18.0 Å². The number of anilines is 1. The predicted molar refractivity (Wildman–Crippen MR) is 161 cm³/mol. The molecular weight excluding hydrogens is 514 g/mol. The van der Waals surface area contributed by atoms with E-state index in [1.165, 1.54) is 5.69 Å². The fourth-order valence-corrected chi connectivity index (χ4v) is 5.90. The topological polar surface area (TPSA) is 72.1 Å². The molecule has 2 aliphatic heterocycles. The SMILES string of the molecule is COc1ccc2[nH]c(C(=O)N3CC(=O)N(Cc4ccc(N5CCN(C)CC5)cc4)[C@@H](Cc4ccccc4)C3)cc2c1. The van der Waals surface area contributed by atoms with Crippen molar-refractivity contribution in [3.8, 4) is 5.75 Å². The number of nitrogens with one attached hydrogen (secondary N) is 1. The standard InChI is InChI=1S/C33H37N5O3/c1-35-14-16-36(17-15-35)27-10-8-25(9-11-27)21-38-28(18-24-6-4-3-5-7-24)22-37(23-32(38)39)33(40)31-20-26-19-29(41-2)12-13-30(26)34-31/h3-13,19-20,28,34H,14-18,21-23H2,1-2H3/t28-/m0/s1. The van der Waals surface area contributed by atoms with Gasteiger partial charge >= 0.3 is 0 Å². The smallest absolute Gasteiger partial charge is 0.270 e. The first kappa shape index (κ1) is 26.9. The third-order valence-electron chi connectivity index (χ3n) is 8.34. The Morgan fingerprint density at radius 2 is 1.68 bits per heavy atom. The third-order valence-corrected chi connectivity index (χ3v) is 8.34. The summed E-state index contributed by atoms with van der Waals surface area (Å²) in [6.07, 6.45) is 0.680. The van der Waals surface area contributed by atoms with Crippen LogP contribution < -0.4 is 9.64 Å². The van der Waals surface area contributed by atoms with E-state index in [1.54, 1.807) is 12.0 Å². The number of likely N-dealkylation sites (N-methyl/N-ethyl adjacent to an activating group) is 1. The van der Waals surface area contributed by atoms with E-state index in [-0.39, 0.29) is 24.4 Å². The number of methoxy groups -OCH3 is 1. The average Bonchev–Trinajstić information content (AvgIpc) is 3.43. The number of nitrogens with zero attached hydrogens (tertiary/aromatic N) is 4. The number of hydrogen-bond donors (Lipinski definition) is 1. The Balaban J connectivity index is 1.20. The first-order valence-corrected chi connectivity index (χ1v) is 14.3. The van der Waals surface area contributed by atoms with Gasteiger partial charge in [-0.1, -0.05) is 42.5 Å². The number of ether oxygens (including phenoxy) is 1. The van der Waals surface area contributed by atoms with Gasteiger partial charge in [-0.05, 0) is 61.0 Å². The van der Waals surface area contributed by atoms with Crippen molar-refractivity contribution in [2.24, 2.45) is 0 Å². The van der Waals surface area contributed by atoms with Crippen molar-refractivity contribution < 1.29 is 14.3 Å². The predicted octanol–water partition coefficient (Wildman–Crippen LogP) is 4.02. The summed E-state index contributed by atoms with van der Waals surface area (Å²) in [6.45, 7) is 5.22. The molecule has 1 aromatic heterocycles. The van der Waals surface area contributed by atoms with Gasteiger partial charge < -0.3 is 29.3 Å². The van der Waals surface area contributed by atoms with E-state index in [2.05, 4.69) is 58.2 Å². The van der Waals surface area contributed by atoms with Crippen LogP contribution in [-0.2, 0) is 17.8 Å². The van der Waals surface area contributed by atoms with E-state index < -0.39 is 0 Å². The Labute approximate surface area is 241 Å². The fraction of sp³-hybridized carbons (Fsp3) is 0.333. The number of hydrogen-bond acceptors (Lipinski definition) is 5.